The molecule has 0 spiro atoms. The summed E-state index contributed by atoms with van der Waals surface area (Å²) in [4.78, 5) is 23.1. The van der Waals surface area contributed by atoms with Gasteiger partial charge in [-0.2, -0.15) is 0 Å². The lowest BCUT2D eigenvalue weighted by molar-refractivity contribution is -0.146. The number of rotatable bonds is 7. The van der Waals surface area contributed by atoms with Gasteiger partial charge in [0.15, 0.2) is 0 Å². The summed E-state index contributed by atoms with van der Waals surface area (Å²) in [5, 5.41) is 0. The number of carbonyl (C=O) groups excluding carboxylic acids is 2. The highest BCUT2D eigenvalue weighted by Crippen LogP contribution is 2.61. The van der Waals surface area contributed by atoms with Gasteiger partial charge in [0.2, 0.25) is 0 Å². The van der Waals surface area contributed by atoms with Crippen molar-refractivity contribution in [3.63, 3.8) is 0 Å². The summed E-state index contributed by atoms with van der Waals surface area (Å²) in [5.74, 6) is 1.25. The molecule has 6 atom stereocenters. The second kappa shape index (κ2) is 7.54. The first-order valence-corrected chi connectivity index (χ1v) is 9.00. The van der Waals surface area contributed by atoms with Gasteiger partial charge < -0.3 is 9.47 Å². The van der Waals surface area contributed by atoms with Crippen LogP contribution in [0.3, 0.4) is 0 Å². The van der Waals surface area contributed by atoms with Gasteiger partial charge in [0, 0.05) is 17.6 Å². The predicted octanol–water partition coefficient (Wildman–Crippen LogP) is 3.91. The fraction of sp³-hybridized carbons (Fsp3) is 0.700. The zero-order chi connectivity index (χ0) is 17.9. The Balaban J connectivity index is 2.13. The number of ether oxygens (including phenoxy) is 2. The Morgan fingerprint density at radius 2 is 1.92 bits per heavy atom. The van der Waals surface area contributed by atoms with E-state index >= 15 is 0 Å². The van der Waals surface area contributed by atoms with Crippen molar-refractivity contribution in [2.24, 2.45) is 29.1 Å². The lowest BCUT2D eigenvalue weighted by Crippen LogP contribution is -2.33. The van der Waals surface area contributed by atoms with Crippen molar-refractivity contribution >= 4 is 11.9 Å². The molecule has 0 aromatic heterocycles. The summed E-state index contributed by atoms with van der Waals surface area (Å²) in [6.07, 6.45) is 6.58. The molecule has 0 saturated heterocycles. The number of carbonyl (C=O) groups is 2. The Labute approximate surface area is 145 Å². The maximum Gasteiger partial charge on any atom is 0.330 e. The molecule has 24 heavy (non-hydrogen) atoms. The molecular formula is C20H30O4. The normalized spacial score (nSPS) is 35.8. The summed E-state index contributed by atoms with van der Waals surface area (Å²) in [7, 11) is 0. The van der Waals surface area contributed by atoms with Crippen LogP contribution in [0.2, 0.25) is 0 Å². The number of hydrogen-bond donors (Lipinski definition) is 0. The zero-order valence-electron chi connectivity index (χ0n) is 15.1. The van der Waals surface area contributed by atoms with Crippen molar-refractivity contribution in [3.8, 4) is 0 Å². The van der Waals surface area contributed by atoms with Gasteiger partial charge in [-0.05, 0) is 56.3 Å². The van der Waals surface area contributed by atoms with Crippen molar-refractivity contribution in [3.05, 3.63) is 25.3 Å². The summed E-state index contributed by atoms with van der Waals surface area (Å²) in [5.41, 5.74) is 0.0413. The standard InChI is InChI=1S/C20H30O4/c1-6-17(21)23-12-20(8-3)11-13(4)19-15(9-10-16(19)20)14(5)24-18(22)7-2/h6-7,13-16,19H,1-2,8-12H2,3-5H3/t13?,14?,15?,16-,19+,20?/m1/s1. The molecule has 4 heteroatoms. The third kappa shape index (κ3) is 3.42. The van der Waals surface area contributed by atoms with E-state index in [1.165, 1.54) is 12.2 Å². The van der Waals surface area contributed by atoms with Gasteiger partial charge in [0.05, 0.1) is 6.61 Å². The monoisotopic (exact) mass is 334 g/mol. The fourth-order valence-electron chi connectivity index (χ4n) is 5.33. The highest BCUT2D eigenvalue weighted by molar-refractivity contribution is 5.81. The molecule has 2 fully saturated rings. The van der Waals surface area contributed by atoms with E-state index in [2.05, 4.69) is 27.0 Å². The molecule has 0 aliphatic heterocycles. The maximum atomic E-state index is 11.5. The number of esters is 2. The minimum Gasteiger partial charge on any atom is -0.462 e. The maximum absolute atomic E-state index is 11.5. The Hall–Kier alpha value is -1.58. The number of hydrogen-bond acceptors (Lipinski definition) is 4. The summed E-state index contributed by atoms with van der Waals surface area (Å²) < 4.78 is 10.9. The lowest BCUT2D eigenvalue weighted by Gasteiger charge is -2.34. The molecule has 2 saturated carbocycles. The van der Waals surface area contributed by atoms with Crippen LogP contribution in [0.15, 0.2) is 25.3 Å². The zero-order valence-corrected chi connectivity index (χ0v) is 15.1. The van der Waals surface area contributed by atoms with Crippen LogP contribution in [0.4, 0.5) is 0 Å². The SMILES string of the molecule is C=CC(=O)OCC1(CC)CC(C)[C@H]2C(C(C)OC(=O)C=C)CC[C@H]21. The molecule has 4 nitrogen and oxygen atoms in total. The van der Waals surface area contributed by atoms with Crippen molar-refractivity contribution in [2.45, 2.75) is 52.6 Å². The van der Waals surface area contributed by atoms with Crippen LogP contribution in [-0.4, -0.2) is 24.6 Å². The van der Waals surface area contributed by atoms with E-state index in [4.69, 9.17) is 9.47 Å². The van der Waals surface area contributed by atoms with Crippen molar-refractivity contribution < 1.29 is 19.1 Å². The van der Waals surface area contributed by atoms with Crippen molar-refractivity contribution in [1.82, 2.24) is 0 Å². The molecule has 0 aromatic rings. The van der Waals surface area contributed by atoms with Crippen LogP contribution < -0.4 is 0 Å². The molecular weight excluding hydrogens is 304 g/mol. The smallest absolute Gasteiger partial charge is 0.330 e. The minimum atomic E-state index is -0.349. The van der Waals surface area contributed by atoms with Gasteiger partial charge in [-0.3, -0.25) is 0 Å². The van der Waals surface area contributed by atoms with Crippen LogP contribution in [0.25, 0.3) is 0 Å². The first-order valence-electron chi connectivity index (χ1n) is 9.00. The molecule has 0 radical (unpaired) electrons. The molecule has 134 valence electrons. The van der Waals surface area contributed by atoms with Crippen molar-refractivity contribution in [2.75, 3.05) is 6.61 Å². The van der Waals surface area contributed by atoms with Gasteiger partial charge in [-0.15, -0.1) is 0 Å². The average Bonchev–Trinajstić information content (AvgIpc) is 3.13. The molecule has 2 aliphatic rings. The Morgan fingerprint density at radius 3 is 2.50 bits per heavy atom. The van der Waals surface area contributed by atoms with E-state index in [1.807, 2.05) is 6.92 Å². The van der Waals surface area contributed by atoms with Gasteiger partial charge in [0.25, 0.3) is 0 Å². The highest BCUT2D eigenvalue weighted by Gasteiger charge is 2.57. The van der Waals surface area contributed by atoms with Gasteiger partial charge >= 0.3 is 11.9 Å². The van der Waals surface area contributed by atoms with E-state index in [1.54, 1.807) is 0 Å². The largest absolute Gasteiger partial charge is 0.462 e. The second-order valence-corrected chi connectivity index (χ2v) is 7.48. The van der Waals surface area contributed by atoms with Gasteiger partial charge in [-0.25, -0.2) is 9.59 Å². The van der Waals surface area contributed by atoms with E-state index in [-0.39, 0.29) is 23.5 Å². The molecule has 2 aliphatic carbocycles. The third-order valence-corrected chi connectivity index (χ3v) is 6.39. The summed E-state index contributed by atoms with van der Waals surface area (Å²) in [6, 6.07) is 0. The van der Waals surface area contributed by atoms with Crippen LogP contribution in [-0.2, 0) is 19.1 Å². The topological polar surface area (TPSA) is 52.6 Å². The fourth-order valence-corrected chi connectivity index (χ4v) is 5.33. The summed E-state index contributed by atoms with van der Waals surface area (Å²) >= 11 is 0. The molecule has 0 aromatic carbocycles. The first-order chi connectivity index (χ1) is 11.4. The van der Waals surface area contributed by atoms with Gasteiger partial charge in [0.1, 0.15) is 6.10 Å². The average molecular weight is 334 g/mol. The van der Waals surface area contributed by atoms with Crippen LogP contribution in [0.1, 0.15) is 46.5 Å². The second-order valence-electron chi connectivity index (χ2n) is 7.48. The molecule has 0 heterocycles. The minimum absolute atomic E-state index is 0.0413. The number of fused-ring (bicyclic) bond motifs is 1. The van der Waals surface area contributed by atoms with E-state index in [0.29, 0.717) is 30.3 Å². The Morgan fingerprint density at radius 1 is 1.25 bits per heavy atom. The van der Waals surface area contributed by atoms with Gasteiger partial charge in [-0.1, -0.05) is 27.0 Å². The lowest BCUT2D eigenvalue weighted by atomic mass is 9.74. The predicted molar refractivity (Wildman–Crippen MR) is 93.1 cm³/mol. The van der Waals surface area contributed by atoms with Crippen molar-refractivity contribution in [1.29, 1.82) is 0 Å². The molecule has 0 bridgehead atoms. The van der Waals surface area contributed by atoms with Crippen LogP contribution in [0.5, 0.6) is 0 Å². The highest BCUT2D eigenvalue weighted by atomic mass is 16.5. The molecule has 4 unspecified atom stereocenters. The third-order valence-electron chi connectivity index (χ3n) is 6.39. The molecule has 0 amide bonds. The quantitative estimate of drug-likeness (QED) is 0.523. The van der Waals surface area contributed by atoms with E-state index in [0.717, 1.165) is 25.7 Å². The van der Waals surface area contributed by atoms with Crippen LogP contribution in [0, 0.1) is 29.1 Å². The Bertz CT molecular complexity index is 512. The summed E-state index contributed by atoms with van der Waals surface area (Å²) in [6.45, 7) is 13.9. The molecule has 2 rings (SSSR count). The Kier molecular flexibility index (Phi) is 5.89. The van der Waals surface area contributed by atoms with Crippen LogP contribution >= 0.6 is 0 Å². The molecule has 0 N–H and O–H groups in total. The first kappa shape index (κ1) is 18.8. The van der Waals surface area contributed by atoms with E-state index < -0.39 is 0 Å². The van der Waals surface area contributed by atoms with E-state index in [9.17, 15) is 9.59 Å².